The molecule has 2 amide bonds. The molecule has 0 aromatic heterocycles. The van der Waals surface area contributed by atoms with Crippen molar-refractivity contribution < 1.29 is 27.5 Å². The van der Waals surface area contributed by atoms with E-state index in [9.17, 15) is 22.8 Å². The Morgan fingerprint density at radius 1 is 1.17 bits per heavy atom. The number of likely N-dealkylation sites (tertiary alicyclic amines) is 1. The number of rotatable bonds is 5. The molecule has 0 N–H and O–H groups in total. The topological polar surface area (TPSA) is 53.1 Å². The van der Waals surface area contributed by atoms with Gasteiger partial charge in [0.15, 0.2) is 0 Å². The predicted octanol–water partition coefficient (Wildman–Crippen LogP) is 4.28. The van der Waals surface area contributed by atoms with Crippen molar-refractivity contribution in [2.75, 3.05) is 19.7 Å². The van der Waals surface area contributed by atoms with Gasteiger partial charge in [-0.2, -0.15) is 13.2 Å². The van der Waals surface area contributed by atoms with Crippen LogP contribution in [0.5, 0.6) is 0 Å². The highest BCUT2D eigenvalue weighted by Gasteiger charge is 2.59. The predicted molar refractivity (Wildman–Crippen MR) is 128 cm³/mol. The van der Waals surface area contributed by atoms with E-state index < -0.39 is 17.5 Å². The third-order valence-corrected chi connectivity index (χ3v) is 8.91. The highest BCUT2D eigenvalue weighted by molar-refractivity contribution is 5.78. The fourth-order valence-corrected chi connectivity index (χ4v) is 6.81. The van der Waals surface area contributed by atoms with Gasteiger partial charge in [0.1, 0.15) is 5.72 Å². The van der Waals surface area contributed by atoms with Gasteiger partial charge in [0, 0.05) is 51.0 Å². The summed E-state index contributed by atoms with van der Waals surface area (Å²) in [5, 5.41) is 0. The van der Waals surface area contributed by atoms with Gasteiger partial charge < -0.3 is 14.5 Å². The number of benzene rings is 1. The van der Waals surface area contributed by atoms with Gasteiger partial charge in [-0.1, -0.05) is 26.0 Å². The van der Waals surface area contributed by atoms with E-state index in [0.717, 1.165) is 43.4 Å². The molecular formula is C27H36F3N3O3. The van der Waals surface area contributed by atoms with E-state index in [1.165, 1.54) is 0 Å². The lowest BCUT2D eigenvalue weighted by Gasteiger charge is -2.56. The number of alkyl halides is 3. The molecule has 198 valence electrons. The van der Waals surface area contributed by atoms with Gasteiger partial charge in [0.25, 0.3) is 0 Å². The Hall–Kier alpha value is -2.13. The molecule has 1 saturated carbocycles. The number of hydrogen-bond donors (Lipinski definition) is 0. The molecule has 1 spiro atoms. The molecule has 0 bridgehead atoms. The quantitative estimate of drug-likeness (QED) is 0.597. The fourth-order valence-electron chi connectivity index (χ4n) is 6.81. The first-order valence-corrected chi connectivity index (χ1v) is 13.1. The highest BCUT2D eigenvalue weighted by atomic mass is 19.4. The summed E-state index contributed by atoms with van der Waals surface area (Å²) in [6.45, 7) is 8.24. The van der Waals surface area contributed by atoms with Crippen molar-refractivity contribution in [3.05, 3.63) is 35.4 Å². The molecule has 4 aliphatic rings. The summed E-state index contributed by atoms with van der Waals surface area (Å²) in [4.78, 5) is 31.1. The summed E-state index contributed by atoms with van der Waals surface area (Å²) in [5.41, 5.74) is -0.331. The molecule has 1 aromatic rings. The van der Waals surface area contributed by atoms with E-state index in [4.69, 9.17) is 4.74 Å². The van der Waals surface area contributed by atoms with Crippen LogP contribution in [0.4, 0.5) is 13.2 Å². The Morgan fingerprint density at radius 3 is 2.47 bits per heavy atom. The highest BCUT2D eigenvalue weighted by Crippen LogP contribution is 2.51. The molecule has 6 nitrogen and oxygen atoms in total. The van der Waals surface area contributed by atoms with Gasteiger partial charge in [-0.25, -0.2) is 0 Å². The third kappa shape index (κ3) is 4.42. The summed E-state index contributed by atoms with van der Waals surface area (Å²) < 4.78 is 45.7. The van der Waals surface area contributed by atoms with Crippen LogP contribution >= 0.6 is 0 Å². The Bertz CT molecular complexity index is 992. The normalized spacial score (nSPS) is 31.0. The number of carbonyl (C=O) groups excluding carboxylic acids is 2. The van der Waals surface area contributed by atoms with Crippen LogP contribution in [0.2, 0.25) is 0 Å². The molecular weight excluding hydrogens is 471 g/mol. The standard InChI is InChI=1S/C27H36F3N3O3/c1-17(2)24-16-36-26-11-10-22(12-21(26)8-9-25(35)33(24)26)32(23-14-31(15-23)18(3)34)13-19-4-6-20(7-5-19)27(28,29)30/h4-7,17,21-24H,8-16H2,1-3H3/t21-,22+,24-,26-/m1/s1. The summed E-state index contributed by atoms with van der Waals surface area (Å²) in [6, 6.07) is 5.93. The molecule has 9 heteroatoms. The Morgan fingerprint density at radius 2 is 1.86 bits per heavy atom. The number of carbonyl (C=O) groups is 2. The molecule has 0 radical (unpaired) electrons. The third-order valence-electron chi connectivity index (χ3n) is 8.91. The molecule has 1 aliphatic carbocycles. The number of hydrogen-bond acceptors (Lipinski definition) is 4. The van der Waals surface area contributed by atoms with Gasteiger partial charge in [0.2, 0.25) is 11.8 Å². The van der Waals surface area contributed by atoms with E-state index in [1.54, 1.807) is 19.1 Å². The lowest BCUT2D eigenvalue weighted by molar-refractivity contribution is -0.194. The van der Waals surface area contributed by atoms with Gasteiger partial charge in [-0.05, 0) is 49.3 Å². The van der Waals surface area contributed by atoms with E-state index in [1.807, 2.05) is 4.90 Å². The molecule has 3 saturated heterocycles. The minimum absolute atomic E-state index is 0.0452. The van der Waals surface area contributed by atoms with Gasteiger partial charge in [0.05, 0.1) is 18.2 Å². The van der Waals surface area contributed by atoms with Crippen LogP contribution in [0.1, 0.15) is 64.0 Å². The van der Waals surface area contributed by atoms with Gasteiger partial charge in [-0.15, -0.1) is 0 Å². The van der Waals surface area contributed by atoms with Crippen molar-refractivity contribution in [2.24, 2.45) is 11.8 Å². The molecule has 3 heterocycles. The maximum Gasteiger partial charge on any atom is 0.416 e. The SMILES string of the molecule is CC(=O)N1CC(N(Cc2ccc(C(F)(F)F)cc2)[C@H]2CC[C@]34OC[C@H](C(C)C)N3C(=O)CC[C@@H]4C2)C1. The van der Waals surface area contributed by atoms with Crippen LogP contribution in [0, 0.1) is 11.8 Å². The minimum Gasteiger partial charge on any atom is -0.353 e. The average Bonchev–Trinajstić information content (AvgIpc) is 3.18. The maximum absolute atomic E-state index is 13.1. The van der Waals surface area contributed by atoms with E-state index in [0.29, 0.717) is 38.6 Å². The zero-order valence-electron chi connectivity index (χ0n) is 21.3. The number of halogens is 3. The fraction of sp³-hybridized carbons (Fsp3) is 0.704. The van der Waals surface area contributed by atoms with Gasteiger partial charge >= 0.3 is 6.18 Å². The van der Waals surface area contributed by atoms with Gasteiger partial charge in [-0.3, -0.25) is 14.5 Å². The van der Waals surface area contributed by atoms with Crippen LogP contribution in [-0.4, -0.2) is 70.1 Å². The van der Waals surface area contributed by atoms with Crippen molar-refractivity contribution in [3.8, 4) is 0 Å². The zero-order chi connectivity index (χ0) is 25.8. The first-order chi connectivity index (χ1) is 17.0. The molecule has 0 unspecified atom stereocenters. The van der Waals surface area contributed by atoms with Crippen LogP contribution in [0.15, 0.2) is 24.3 Å². The smallest absolute Gasteiger partial charge is 0.353 e. The van der Waals surface area contributed by atoms with Crippen LogP contribution in [0.3, 0.4) is 0 Å². The number of ether oxygens (including phenoxy) is 1. The number of nitrogens with zero attached hydrogens (tertiary/aromatic N) is 3. The second-order valence-electron chi connectivity index (χ2n) is 11.3. The first kappa shape index (κ1) is 25.5. The minimum atomic E-state index is -4.36. The van der Waals surface area contributed by atoms with E-state index >= 15 is 0 Å². The average molecular weight is 508 g/mol. The number of piperidine rings is 1. The van der Waals surface area contributed by atoms with Crippen molar-refractivity contribution in [3.63, 3.8) is 0 Å². The monoisotopic (exact) mass is 507 g/mol. The van der Waals surface area contributed by atoms with E-state index in [-0.39, 0.29) is 35.9 Å². The Kier molecular flexibility index (Phi) is 6.60. The second-order valence-corrected chi connectivity index (χ2v) is 11.3. The molecule has 1 aromatic carbocycles. The molecule has 4 atom stereocenters. The molecule has 5 rings (SSSR count). The van der Waals surface area contributed by atoms with Crippen LogP contribution in [0.25, 0.3) is 0 Å². The van der Waals surface area contributed by atoms with Crippen molar-refractivity contribution in [2.45, 2.75) is 89.4 Å². The Labute approximate surface area is 210 Å². The summed E-state index contributed by atoms with van der Waals surface area (Å²) in [6.07, 6.45) is -0.523. The van der Waals surface area contributed by atoms with Crippen molar-refractivity contribution in [1.29, 1.82) is 0 Å². The zero-order valence-corrected chi connectivity index (χ0v) is 21.3. The largest absolute Gasteiger partial charge is 0.416 e. The van der Waals surface area contributed by atoms with Crippen LogP contribution < -0.4 is 0 Å². The summed E-state index contributed by atoms with van der Waals surface area (Å²) in [5.74, 6) is 0.799. The molecule has 4 fully saturated rings. The number of amides is 2. The van der Waals surface area contributed by atoms with Crippen molar-refractivity contribution >= 4 is 11.8 Å². The summed E-state index contributed by atoms with van der Waals surface area (Å²) >= 11 is 0. The maximum atomic E-state index is 13.1. The lowest BCUT2D eigenvalue weighted by Crippen LogP contribution is -2.66. The Balaban J connectivity index is 1.36. The van der Waals surface area contributed by atoms with Crippen molar-refractivity contribution in [1.82, 2.24) is 14.7 Å². The second kappa shape index (κ2) is 9.31. The van der Waals surface area contributed by atoms with E-state index in [2.05, 4.69) is 23.6 Å². The molecule has 3 aliphatic heterocycles. The summed E-state index contributed by atoms with van der Waals surface area (Å²) in [7, 11) is 0. The first-order valence-electron chi connectivity index (χ1n) is 13.1. The lowest BCUT2D eigenvalue weighted by atomic mass is 9.72. The van der Waals surface area contributed by atoms with Crippen LogP contribution in [-0.2, 0) is 27.0 Å². The molecule has 36 heavy (non-hydrogen) atoms.